The molecule has 0 bridgehead atoms. The van der Waals surface area contributed by atoms with Crippen LogP contribution < -0.4 is 15.2 Å². The number of aromatic nitrogens is 1. The van der Waals surface area contributed by atoms with Gasteiger partial charge in [-0.25, -0.2) is 0 Å². The lowest BCUT2D eigenvalue weighted by Gasteiger charge is -2.13. The summed E-state index contributed by atoms with van der Waals surface area (Å²) in [4.78, 5) is 0. The molecule has 0 spiro atoms. The van der Waals surface area contributed by atoms with E-state index in [0.717, 1.165) is 10.0 Å². The Balaban J connectivity index is 2.71. The van der Waals surface area contributed by atoms with Crippen LogP contribution in [-0.2, 0) is 0 Å². The molecule has 0 unspecified atom stereocenters. The molecular formula is C11H11BrN2O3. The predicted octanol–water partition coefficient (Wildman–Crippen LogP) is 2.70. The monoisotopic (exact) mass is 298 g/mol. The number of nitrogens with zero attached hydrogens (tertiary/aromatic N) is 1. The molecule has 2 rings (SSSR count). The number of hydrogen-bond donors (Lipinski definition) is 1. The fraction of sp³-hybridized carbons (Fsp3) is 0.182. The van der Waals surface area contributed by atoms with E-state index in [9.17, 15) is 0 Å². The van der Waals surface area contributed by atoms with Crippen molar-refractivity contribution in [3.63, 3.8) is 0 Å². The van der Waals surface area contributed by atoms with Crippen molar-refractivity contribution in [2.45, 2.75) is 0 Å². The smallest absolute Gasteiger partial charge is 0.230 e. The van der Waals surface area contributed by atoms with E-state index < -0.39 is 0 Å². The van der Waals surface area contributed by atoms with Crippen molar-refractivity contribution in [3.05, 3.63) is 22.8 Å². The third-order valence-electron chi connectivity index (χ3n) is 2.36. The molecule has 0 aliphatic rings. The molecular weight excluding hydrogens is 288 g/mol. The molecule has 0 aliphatic carbocycles. The first-order chi connectivity index (χ1) is 8.19. The van der Waals surface area contributed by atoms with E-state index in [1.807, 2.05) is 6.07 Å². The first-order valence-corrected chi connectivity index (χ1v) is 5.59. The molecule has 0 radical (unpaired) electrons. The van der Waals surface area contributed by atoms with E-state index in [1.54, 1.807) is 20.3 Å². The summed E-state index contributed by atoms with van der Waals surface area (Å²) in [5.74, 6) is 1.43. The van der Waals surface area contributed by atoms with Crippen molar-refractivity contribution in [1.29, 1.82) is 0 Å². The SMILES string of the molecule is COc1ccc(Br)c(-c2cnoc2N)c1OC. The second-order valence-corrected chi connectivity index (χ2v) is 4.12. The van der Waals surface area contributed by atoms with E-state index >= 15 is 0 Å². The molecule has 1 aromatic heterocycles. The molecule has 2 aromatic rings. The zero-order valence-electron chi connectivity index (χ0n) is 9.36. The van der Waals surface area contributed by atoms with Crippen molar-refractivity contribution < 1.29 is 14.0 Å². The zero-order valence-corrected chi connectivity index (χ0v) is 10.9. The summed E-state index contributed by atoms with van der Waals surface area (Å²) in [6, 6.07) is 3.65. The summed E-state index contributed by atoms with van der Waals surface area (Å²) >= 11 is 3.45. The number of hydrogen-bond acceptors (Lipinski definition) is 5. The largest absolute Gasteiger partial charge is 0.493 e. The minimum atomic E-state index is 0.234. The number of nitrogen functional groups attached to an aromatic ring is 1. The number of anilines is 1. The van der Waals surface area contributed by atoms with Crippen molar-refractivity contribution in [3.8, 4) is 22.6 Å². The minimum absolute atomic E-state index is 0.234. The first kappa shape index (κ1) is 11.8. The number of nitrogens with two attached hydrogens (primary N) is 1. The van der Waals surface area contributed by atoms with Gasteiger partial charge in [0.15, 0.2) is 11.5 Å². The molecule has 0 saturated carbocycles. The number of ether oxygens (including phenoxy) is 2. The Morgan fingerprint density at radius 1 is 1.29 bits per heavy atom. The van der Waals surface area contributed by atoms with Gasteiger partial charge in [-0.05, 0) is 12.1 Å². The molecule has 6 heteroatoms. The van der Waals surface area contributed by atoms with Gasteiger partial charge in [0.2, 0.25) is 5.88 Å². The van der Waals surface area contributed by atoms with Gasteiger partial charge in [0, 0.05) is 10.0 Å². The van der Waals surface area contributed by atoms with Crippen LogP contribution in [0.2, 0.25) is 0 Å². The third kappa shape index (κ3) is 1.95. The van der Waals surface area contributed by atoms with E-state index in [2.05, 4.69) is 21.1 Å². The molecule has 0 saturated heterocycles. The number of rotatable bonds is 3. The maximum absolute atomic E-state index is 5.71. The average Bonchev–Trinajstić information content (AvgIpc) is 2.74. The van der Waals surface area contributed by atoms with Crippen LogP contribution in [0.25, 0.3) is 11.1 Å². The molecule has 2 N–H and O–H groups in total. The van der Waals surface area contributed by atoms with Crippen LogP contribution in [0.3, 0.4) is 0 Å². The van der Waals surface area contributed by atoms with Gasteiger partial charge >= 0.3 is 0 Å². The van der Waals surface area contributed by atoms with Gasteiger partial charge < -0.3 is 19.7 Å². The summed E-state index contributed by atoms with van der Waals surface area (Å²) in [7, 11) is 3.14. The van der Waals surface area contributed by atoms with Crippen molar-refractivity contribution in [2.24, 2.45) is 0 Å². The molecule has 17 heavy (non-hydrogen) atoms. The van der Waals surface area contributed by atoms with Crippen LogP contribution in [0, 0.1) is 0 Å². The molecule has 0 fully saturated rings. The second kappa shape index (κ2) is 4.67. The van der Waals surface area contributed by atoms with E-state index in [0.29, 0.717) is 17.1 Å². The summed E-state index contributed by atoms with van der Waals surface area (Å²) < 4.78 is 16.3. The van der Waals surface area contributed by atoms with Crippen LogP contribution >= 0.6 is 15.9 Å². The van der Waals surface area contributed by atoms with Crippen LogP contribution in [-0.4, -0.2) is 19.4 Å². The van der Waals surface area contributed by atoms with Gasteiger partial charge in [0.1, 0.15) is 0 Å². The van der Waals surface area contributed by atoms with E-state index in [1.165, 1.54) is 6.20 Å². The summed E-state index contributed by atoms with van der Waals surface area (Å²) in [5.41, 5.74) is 7.13. The molecule has 1 heterocycles. The van der Waals surface area contributed by atoms with Crippen molar-refractivity contribution >= 4 is 21.8 Å². The maximum Gasteiger partial charge on any atom is 0.230 e. The Hall–Kier alpha value is -1.69. The summed E-state index contributed by atoms with van der Waals surface area (Å²) in [6.07, 6.45) is 1.54. The van der Waals surface area contributed by atoms with Crippen LogP contribution in [0.1, 0.15) is 0 Å². The molecule has 0 amide bonds. The topological polar surface area (TPSA) is 70.5 Å². The fourth-order valence-corrected chi connectivity index (χ4v) is 2.12. The highest BCUT2D eigenvalue weighted by Crippen LogP contribution is 2.44. The minimum Gasteiger partial charge on any atom is -0.493 e. The molecule has 1 aromatic carbocycles. The van der Waals surface area contributed by atoms with Crippen LogP contribution in [0.15, 0.2) is 27.3 Å². The maximum atomic E-state index is 5.71. The van der Waals surface area contributed by atoms with Crippen LogP contribution in [0.5, 0.6) is 11.5 Å². The number of benzene rings is 1. The van der Waals surface area contributed by atoms with Gasteiger partial charge in [-0.15, -0.1) is 0 Å². The van der Waals surface area contributed by atoms with Gasteiger partial charge in [0.05, 0.1) is 26.0 Å². The van der Waals surface area contributed by atoms with Crippen molar-refractivity contribution in [2.75, 3.05) is 20.0 Å². The average molecular weight is 299 g/mol. The van der Waals surface area contributed by atoms with E-state index in [-0.39, 0.29) is 5.88 Å². The first-order valence-electron chi connectivity index (χ1n) is 4.80. The van der Waals surface area contributed by atoms with E-state index in [4.69, 9.17) is 19.7 Å². The van der Waals surface area contributed by atoms with Gasteiger partial charge in [-0.1, -0.05) is 21.1 Å². The molecule has 90 valence electrons. The van der Waals surface area contributed by atoms with Gasteiger partial charge in [0.25, 0.3) is 0 Å². The van der Waals surface area contributed by atoms with Gasteiger partial charge in [-0.3, -0.25) is 0 Å². The lowest BCUT2D eigenvalue weighted by atomic mass is 10.1. The predicted molar refractivity (Wildman–Crippen MR) is 67.2 cm³/mol. The Kier molecular flexibility index (Phi) is 3.23. The lowest BCUT2D eigenvalue weighted by molar-refractivity contribution is 0.356. The standard InChI is InChI=1S/C11H11BrN2O3/c1-15-8-4-3-7(12)9(10(8)16-2)6-5-14-17-11(6)13/h3-5H,13H2,1-2H3. The van der Waals surface area contributed by atoms with Crippen LogP contribution in [0.4, 0.5) is 5.88 Å². The number of halogens is 1. The molecule has 0 atom stereocenters. The fourth-order valence-electron chi connectivity index (χ4n) is 1.59. The molecule has 5 nitrogen and oxygen atoms in total. The van der Waals surface area contributed by atoms with Gasteiger partial charge in [-0.2, -0.15) is 0 Å². The second-order valence-electron chi connectivity index (χ2n) is 3.26. The number of methoxy groups -OCH3 is 2. The lowest BCUT2D eigenvalue weighted by Crippen LogP contribution is -1.95. The zero-order chi connectivity index (χ0) is 12.4. The quantitative estimate of drug-likeness (QED) is 0.943. The Bertz CT molecular complexity index is 540. The third-order valence-corrected chi connectivity index (χ3v) is 3.02. The van der Waals surface area contributed by atoms with Crippen molar-refractivity contribution in [1.82, 2.24) is 5.16 Å². The highest BCUT2D eigenvalue weighted by molar-refractivity contribution is 9.10. The Morgan fingerprint density at radius 2 is 2.06 bits per heavy atom. The Labute approximate surface area is 107 Å². The summed E-state index contributed by atoms with van der Waals surface area (Å²) in [6.45, 7) is 0. The normalized spacial score (nSPS) is 10.3. The summed E-state index contributed by atoms with van der Waals surface area (Å²) in [5, 5.41) is 3.65. The molecule has 0 aliphatic heterocycles. The Morgan fingerprint density at radius 3 is 2.59 bits per heavy atom. The highest BCUT2D eigenvalue weighted by Gasteiger charge is 2.19. The highest BCUT2D eigenvalue weighted by atomic mass is 79.9.